The van der Waals surface area contributed by atoms with Crippen molar-refractivity contribution in [1.29, 1.82) is 0 Å². The van der Waals surface area contributed by atoms with Crippen molar-refractivity contribution in [2.45, 2.75) is 36.3 Å². The highest BCUT2D eigenvalue weighted by molar-refractivity contribution is 7.98. The van der Waals surface area contributed by atoms with E-state index in [9.17, 15) is 13.6 Å². The van der Waals surface area contributed by atoms with Gasteiger partial charge < -0.3 is 15.0 Å². The predicted octanol–water partition coefficient (Wildman–Crippen LogP) is 3.47. The molecule has 0 aromatic heterocycles. The number of amides is 2. The average molecular weight is 328 g/mol. The van der Waals surface area contributed by atoms with Gasteiger partial charge in [0.2, 0.25) is 0 Å². The first-order valence-corrected chi connectivity index (χ1v) is 8.55. The maximum atomic E-state index is 13.8. The summed E-state index contributed by atoms with van der Waals surface area (Å²) in [6.07, 6.45) is 4.59. The van der Waals surface area contributed by atoms with Crippen LogP contribution in [0.1, 0.15) is 19.3 Å². The van der Waals surface area contributed by atoms with Crippen LogP contribution in [0.2, 0.25) is 0 Å². The number of fused-ring (bicyclic) bond motifs is 1. The van der Waals surface area contributed by atoms with E-state index in [4.69, 9.17) is 4.74 Å². The number of ether oxygens (including phenoxy) is 1. The molecule has 0 bridgehead atoms. The van der Waals surface area contributed by atoms with E-state index in [1.807, 2.05) is 0 Å². The van der Waals surface area contributed by atoms with E-state index in [0.717, 1.165) is 43.2 Å². The molecule has 4 nitrogen and oxygen atoms in total. The molecule has 1 aliphatic heterocycles. The molecule has 2 fully saturated rings. The molecule has 1 heterocycles. The minimum Gasteiger partial charge on any atom is -0.374 e. The van der Waals surface area contributed by atoms with E-state index >= 15 is 0 Å². The molecule has 2 aliphatic rings. The van der Waals surface area contributed by atoms with Gasteiger partial charge in [0.25, 0.3) is 0 Å². The number of thioether (sulfide) groups is 1. The molecule has 0 radical (unpaired) electrons. The summed E-state index contributed by atoms with van der Waals surface area (Å²) in [5.41, 5.74) is 0.138. The van der Waals surface area contributed by atoms with Gasteiger partial charge in [-0.15, -0.1) is 11.8 Å². The smallest absolute Gasteiger partial charge is 0.322 e. The molecule has 3 rings (SSSR count). The van der Waals surface area contributed by atoms with Crippen LogP contribution >= 0.6 is 11.8 Å². The largest absolute Gasteiger partial charge is 0.374 e. The quantitative estimate of drug-likeness (QED) is 0.845. The Labute approximate surface area is 132 Å². The fourth-order valence-corrected chi connectivity index (χ4v) is 3.71. The van der Waals surface area contributed by atoms with E-state index < -0.39 is 11.6 Å². The van der Waals surface area contributed by atoms with Crippen molar-refractivity contribution in [1.82, 2.24) is 4.90 Å². The number of nitrogens with zero attached hydrogens (tertiary/aromatic N) is 1. The summed E-state index contributed by atoms with van der Waals surface area (Å²) in [7, 11) is 0. The van der Waals surface area contributed by atoms with Crippen molar-refractivity contribution < 1.29 is 18.3 Å². The van der Waals surface area contributed by atoms with E-state index in [-0.39, 0.29) is 28.8 Å². The molecule has 1 aromatic rings. The zero-order chi connectivity index (χ0) is 15.7. The van der Waals surface area contributed by atoms with Gasteiger partial charge in [0.15, 0.2) is 0 Å². The van der Waals surface area contributed by atoms with Gasteiger partial charge in [0.1, 0.15) is 11.6 Å². The van der Waals surface area contributed by atoms with Crippen LogP contribution in [0.25, 0.3) is 0 Å². The van der Waals surface area contributed by atoms with Crippen molar-refractivity contribution in [3.05, 3.63) is 23.8 Å². The standard InChI is InChI=1S/C15H18F2N2O2S/c1-22-14-10(16)7-9(8-11(14)17)18-15(20)19-5-6-21-13-4-2-3-12(13)19/h7-8,12-13H,2-6H2,1H3,(H,18,20)/t12-,13+/m1/s1. The van der Waals surface area contributed by atoms with Crippen molar-refractivity contribution >= 4 is 23.5 Å². The molecule has 0 unspecified atom stereocenters. The number of nitrogens with one attached hydrogen (secondary N) is 1. The topological polar surface area (TPSA) is 41.6 Å². The lowest BCUT2D eigenvalue weighted by atomic mass is 10.1. The molecular weight excluding hydrogens is 310 g/mol. The van der Waals surface area contributed by atoms with Crippen LogP contribution in [0.5, 0.6) is 0 Å². The monoisotopic (exact) mass is 328 g/mol. The summed E-state index contributed by atoms with van der Waals surface area (Å²) < 4.78 is 33.2. The Kier molecular flexibility index (Phi) is 4.54. The predicted molar refractivity (Wildman–Crippen MR) is 81.2 cm³/mol. The van der Waals surface area contributed by atoms with Crippen LogP contribution in [0, 0.1) is 11.6 Å². The minimum absolute atomic E-state index is 0.0415. The number of urea groups is 1. The zero-order valence-electron chi connectivity index (χ0n) is 12.3. The third kappa shape index (κ3) is 2.92. The molecule has 7 heteroatoms. The number of carbonyl (C=O) groups excluding carboxylic acids is 1. The highest BCUT2D eigenvalue weighted by Gasteiger charge is 2.38. The Hall–Kier alpha value is -1.34. The van der Waals surface area contributed by atoms with Gasteiger partial charge in [0, 0.05) is 12.2 Å². The fourth-order valence-electron chi connectivity index (χ4n) is 3.20. The summed E-state index contributed by atoms with van der Waals surface area (Å²) in [5, 5.41) is 2.60. The van der Waals surface area contributed by atoms with Crippen molar-refractivity contribution in [3.63, 3.8) is 0 Å². The van der Waals surface area contributed by atoms with Crippen molar-refractivity contribution in [2.75, 3.05) is 24.7 Å². The molecule has 2 atom stereocenters. The van der Waals surface area contributed by atoms with Gasteiger partial charge >= 0.3 is 6.03 Å². The minimum atomic E-state index is -0.663. The Morgan fingerprint density at radius 2 is 2.09 bits per heavy atom. The summed E-state index contributed by atoms with van der Waals surface area (Å²) in [6.45, 7) is 1.00. The number of halogens is 2. The summed E-state index contributed by atoms with van der Waals surface area (Å²) in [6, 6.07) is 2.04. The lowest BCUT2D eigenvalue weighted by Gasteiger charge is -2.37. The molecule has 22 heavy (non-hydrogen) atoms. The highest BCUT2D eigenvalue weighted by Crippen LogP contribution is 2.31. The molecular formula is C15H18F2N2O2S. The molecule has 120 valence electrons. The second-order valence-corrected chi connectivity index (χ2v) is 6.32. The van der Waals surface area contributed by atoms with Crippen LogP contribution in [0.4, 0.5) is 19.3 Å². The SMILES string of the molecule is CSc1c(F)cc(NC(=O)N2CCO[C@H]3CCC[C@H]32)cc1F. The number of rotatable bonds is 2. The van der Waals surface area contributed by atoms with Gasteiger partial charge in [-0.2, -0.15) is 0 Å². The molecule has 1 aromatic carbocycles. The zero-order valence-corrected chi connectivity index (χ0v) is 13.1. The number of anilines is 1. The number of hydrogen-bond acceptors (Lipinski definition) is 3. The van der Waals surface area contributed by atoms with Crippen molar-refractivity contribution in [3.8, 4) is 0 Å². The fraction of sp³-hybridized carbons (Fsp3) is 0.533. The Morgan fingerprint density at radius 3 is 2.77 bits per heavy atom. The molecule has 1 saturated heterocycles. The van der Waals surface area contributed by atoms with Crippen LogP contribution in [-0.2, 0) is 4.74 Å². The Morgan fingerprint density at radius 1 is 1.36 bits per heavy atom. The third-order valence-corrected chi connectivity index (χ3v) is 4.99. The Balaban J connectivity index is 1.74. The summed E-state index contributed by atoms with van der Waals surface area (Å²) >= 11 is 1.00. The molecule has 1 saturated carbocycles. The van der Waals surface area contributed by atoms with Crippen LogP contribution in [0.15, 0.2) is 17.0 Å². The van der Waals surface area contributed by atoms with Gasteiger partial charge in [-0.05, 0) is 37.7 Å². The first-order chi connectivity index (χ1) is 10.6. The lowest BCUT2D eigenvalue weighted by molar-refractivity contribution is -0.0362. The normalized spacial score (nSPS) is 24.2. The molecule has 1 aliphatic carbocycles. The Bertz CT molecular complexity index is 562. The number of hydrogen-bond donors (Lipinski definition) is 1. The van der Waals surface area contributed by atoms with Crippen LogP contribution in [-0.4, -0.2) is 42.5 Å². The van der Waals surface area contributed by atoms with Gasteiger partial charge in [0.05, 0.1) is 23.6 Å². The summed E-state index contributed by atoms with van der Waals surface area (Å²) in [4.78, 5) is 14.1. The average Bonchev–Trinajstić information content (AvgIpc) is 2.95. The third-order valence-electron chi connectivity index (χ3n) is 4.20. The van der Waals surface area contributed by atoms with E-state index in [0.29, 0.717) is 13.2 Å². The van der Waals surface area contributed by atoms with Gasteiger partial charge in [-0.1, -0.05) is 0 Å². The molecule has 0 spiro atoms. The number of morpholine rings is 1. The maximum Gasteiger partial charge on any atom is 0.322 e. The summed E-state index contributed by atoms with van der Waals surface area (Å²) in [5.74, 6) is -1.33. The number of carbonyl (C=O) groups is 1. The van der Waals surface area contributed by atoms with Gasteiger partial charge in [-0.25, -0.2) is 13.6 Å². The van der Waals surface area contributed by atoms with Crippen molar-refractivity contribution in [2.24, 2.45) is 0 Å². The van der Waals surface area contributed by atoms with Crippen LogP contribution < -0.4 is 5.32 Å². The lowest BCUT2D eigenvalue weighted by Crippen LogP contribution is -2.52. The first kappa shape index (κ1) is 15.6. The first-order valence-electron chi connectivity index (χ1n) is 7.32. The van der Waals surface area contributed by atoms with E-state index in [1.54, 1.807) is 11.2 Å². The molecule has 1 N–H and O–H groups in total. The second-order valence-electron chi connectivity index (χ2n) is 5.50. The van der Waals surface area contributed by atoms with E-state index in [2.05, 4.69) is 5.32 Å². The highest BCUT2D eigenvalue weighted by atomic mass is 32.2. The number of benzene rings is 1. The van der Waals surface area contributed by atoms with Gasteiger partial charge in [-0.3, -0.25) is 0 Å². The second kappa shape index (κ2) is 6.42. The molecule has 2 amide bonds. The van der Waals surface area contributed by atoms with E-state index in [1.165, 1.54) is 0 Å². The maximum absolute atomic E-state index is 13.8. The van der Waals surface area contributed by atoms with Crippen LogP contribution in [0.3, 0.4) is 0 Å².